The molecule has 0 saturated heterocycles. The molecule has 0 bridgehead atoms. The topological polar surface area (TPSA) is 68.3 Å². The largest absolute Gasteiger partial charge is 0.468 e. The molecule has 0 aliphatic rings. The highest BCUT2D eigenvalue weighted by molar-refractivity contribution is 5.73. The molecule has 4 nitrogen and oxygen atoms in total. The van der Waals surface area contributed by atoms with E-state index in [9.17, 15) is 4.79 Å². The molecule has 15 heavy (non-hydrogen) atoms. The lowest BCUT2D eigenvalue weighted by Gasteiger charge is -2.10. The number of carbonyl (C=O) groups excluding carboxylic acids is 1. The Labute approximate surface area is 89.8 Å². The van der Waals surface area contributed by atoms with E-state index >= 15 is 0 Å². The maximum Gasteiger partial charge on any atom is 0.217 e. The summed E-state index contributed by atoms with van der Waals surface area (Å²) in [5, 5.41) is 3.31. The second kappa shape index (κ2) is 6.24. The predicted molar refractivity (Wildman–Crippen MR) is 58.2 cm³/mol. The molecular weight excluding hydrogens is 192 g/mol. The monoisotopic (exact) mass is 210 g/mol. The molecule has 4 heteroatoms. The minimum atomic E-state index is -0.228. The van der Waals surface area contributed by atoms with Crippen LogP contribution >= 0.6 is 0 Å². The van der Waals surface area contributed by atoms with E-state index in [1.54, 1.807) is 6.26 Å². The molecule has 0 spiro atoms. The van der Waals surface area contributed by atoms with Crippen LogP contribution in [0.15, 0.2) is 22.8 Å². The molecule has 1 aromatic rings. The van der Waals surface area contributed by atoms with Gasteiger partial charge in [-0.15, -0.1) is 0 Å². The van der Waals surface area contributed by atoms with Gasteiger partial charge in [0.05, 0.1) is 12.3 Å². The number of unbranched alkanes of at least 4 members (excludes halogenated alkanes) is 1. The molecular formula is C11H18N2O2. The van der Waals surface area contributed by atoms with E-state index in [0.29, 0.717) is 6.42 Å². The van der Waals surface area contributed by atoms with Crippen molar-refractivity contribution < 1.29 is 9.21 Å². The molecule has 84 valence electrons. The fraction of sp³-hybridized carbons (Fsp3) is 0.545. The van der Waals surface area contributed by atoms with E-state index in [4.69, 9.17) is 10.2 Å². The number of nitrogens with two attached hydrogens (primary N) is 1. The van der Waals surface area contributed by atoms with Crippen LogP contribution in [0.25, 0.3) is 0 Å². The summed E-state index contributed by atoms with van der Waals surface area (Å²) in [5.41, 5.74) is 5.04. The van der Waals surface area contributed by atoms with E-state index in [1.165, 1.54) is 0 Å². The van der Waals surface area contributed by atoms with Crippen LogP contribution in [0.3, 0.4) is 0 Å². The second-order valence-corrected chi connectivity index (χ2v) is 3.61. The number of furan rings is 1. The normalized spacial score (nSPS) is 12.6. The number of hydrogen-bond acceptors (Lipinski definition) is 3. The van der Waals surface area contributed by atoms with Crippen LogP contribution < -0.4 is 11.1 Å². The van der Waals surface area contributed by atoms with Gasteiger partial charge in [-0.3, -0.25) is 4.79 Å². The Balaban J connectivity index is 2.08. The summed E-state index contributed by atoms with van der Waals surface area (Å²) < 4.78 is 5.25. The van der Waals surface area contributed by atoms with Gasteiger partial charge in [-0.05, 0) is 38.4 Å². The first-order chi connectivity index (χ1) is 7.20. The SMILES string of the molecule is CC(NCCCCC(N)=O)c1ccco1. The van der Waals surface area contributed by atoms with E-state index in [-0.39, 0.29) is 11.9 Å². The number of rotatable bonds is 7. The Hall–Kier alpha value is -1.29. The van der Waals surface area contributed by atoms with Gasteiger partial charge in [0.15, 0.2) is 0 Å². The van der Waals surface area contributed by atoms with Gasteiger partial charge in [0, 0.05) is 6.42 Å². The van der Waals surface area contributed by atoms with Crippen LogP contribution in [-0.4, -0.2) is 12.5 Å². The van der Waals surface area contributed by atoms with E-state index in [1.807, 2.05) is 19.1 Å². The summed E-state index contributed by atoms with van der Waals surface area (Å²) in [6.07, 6.45) is 3.93. The number of hydrogen-bond donors (Lipinski definition) is 2. The quantitative estimate of drug-likeness (QED) is 0.671. The molecule has 1 unspecified atom stereocenters. The van der Waals surface area contributed by atoms with Gasteiger partial charge >= 0.3 is 0 Å². The van der Waals surface area contributed by atoms with Crippen molar-refractivity contribution in [1.29, 1.82) is 0 Å². The average molecular weight is 210 g/mol. The highest BCUT2D eigenvalue weighted by Crippen LogP contribution is 2.11. The third kappa shape index (κ3) is 4.65. The number of primary amides is 1. The Morgan fingerprint density at radius 2 is 2.40 bits per heavy atom. The van der Waals surface area contributed by atoms with Crippen molar-refractivity contribution >= 4 is 5.91 Å². The highest BCUT2D eigenvalue weighted by atomic mass is 16.3. The summed E-state index contributed by atoms with van der Waals surface area (Å²) in [5.74, 6) is 0.707. The number of amides is 1. The van der Waals surface area contributed by atoms with Gasteiger partial charge < -0.3 is 15.5 Å². The molecule has 0 aromatic carbocycles. The summed E-state index contributed by atoms with van der Waals surface area (Å²) >= 11 is 0. The minimum absolute atomic E-state index is 0.216. The number of nitrogens with one attached hydrogen (secondary N) is 1. The Bertz CT molecular complexity index is 283. The molecule has 0 aliphatic carbocycles. The average Bonchev–Trinajstić information content (AvgIpc) is 2.69. The van der Waals surface area contributed by atoms with Crippen molar-refractivity contribution in [2.75, 3.05) is 6.54 Å². The van der Waals surface area contributed by atoms with Crippen LogP contribution in [0.4, 0.5) is 0 Å². The first kappa shape index (κ1) is 11.8. The van der Waals surface area contributed by atoms with Crippen LogP contribution in [0.5, 0.6) is 0 Å². The van der Waals surface area contributed by atoms with E-state index < -0.39 is 0 Å². The van der Waals surface area contributed by atoms with E-state index in [2.05, 4.69) is 5.32 Å². The molecule has 0 aliphatic heterocycles. The molecule has 1 amide bonds. The molecule has 3 N–H and O–H groups in total. The molecule has 0 radical (unpaired) electrons. The molecule has 1 aromatic heterocycles. The lowest BCUT2D eigenvalue weighted by Crippen LogP contribution is -2.20. The maximum atomic E-state index is 10.5. The highest BCUT2D eigenvalue weighted by Gasteiger charge is 2.06. The fourth-order valence-electron chi connectivity index (χ4n) is 1.38. The van der Waals surface area contributed by atoms with Crippen molar-refractivity contribution in [2.45, 2.75) is 32.2 Å². The smallest absolute Gasteiger partial charge is 0.217 e. The first-order valence-electron chi connectivity index (χ1n) is 5.25. The summed E-state index contributed by atoms with van der Waals surface area (Å²) in [6, 6.07) is 4.04. The van der Waals surface area contributed by atoms with Crippen molar-refractivity contribution in [1.82, 2.24) is 5.32 Å². The van der Waals surface area contributed by atoms with Crippen molar-refractivity contribution in [2.24, 2.45) is 5.73 Å². The van der Waals surface area contributed by atoms with Crippen molar-refractivity contribution in [3.63, 3.8) is 0 Å². The lowest BCUT2D eigenvalue weighted by molar-refractivity contribution is -0.118. The van der Waals surface area contributed by atoms with Crippen LogP contribution in [0.2, 0.25) is 0 Å². The molecule has 0 saturated carbocycles. The maximum absolute atomic E-state index is 10.5. The number of carbonyl (C=O) groups is 1. The second-order valence-electron chi connectivity index (χ2n) is 3.61. The zero-order chi connectivity index (χ0) is 11.1. The molecule has 1 heterocycles. The fourth-order valence-corrected chi connectivity index (χ4v) is 1.38. The standard InChI is InChI=1S/C11H18N2O2/c1-9(10-5-4-8-15-10)13-7-3-2-6-11(12)14/h4-5,8-9,13H,2-3,6-7H2,1H3,(H2,12,14). The summed E-state index contributed by atoms with van der Waals surface area (Å²) in [7, 11) is 0. The minimum Gasteiger partial charge on any atom is -0.468 e. The van der Waals surface area contributed by atoms with Gasteiger partial charge in [0.25, 0.3) is 0 Å². The Kier molecular flexibility index (Phi) is 4.90. The molecule has 1 rings (SSSR count). The molecule has 0 fully saturated rings. The van der Waals surface area contributed by atoms with Gasteiger partial charge in [-0.1, -0.05) is 0 Å². The van der Waals surface area contributed by atoms with Crippen LogP contribution in [0, 0.1) is 0 Å². The van der Waals surface area contributed by atoms with Gasteiger partial charge in [-0.2, -0.15) is 0 Å². The predicted octanol–water partition coefficient (Wildman–Crippen LogP) is 1.59. The van der Waals surface area contributed by atoms with Crippen molar-refractivity contribution in [3.05, 3.63) is 24.2 Å². The van der Waals surface area contributed by atoms with Crippen molar-refractivity contribution in [3.8, 4) is 0 Å². The van der Waals surface area contributed by atoms with E-state index in [0.717, 1.165) is 25.1 Å². The van der Waals surface area contributed by atoms with Crippen LogP contribution in [-0.2, 0) is 4.79 Å². The zero-order valence-corrected chi connectivity index (χ0v) is 9.03. The van der Waals surface area contributed by atoms with Gasteiger partial charge in [0.2, 0.25) is 5.91 Å². The molecule has 1 atom stereocenters. The van der Waals surface area contributed by atoms with Gasteiger partial charge in [0.1, 0.15) is 5.76 Å². The van der Waals surface area contributed by atoms with Crippen LogP contribution in [0.1, 0.15) is 38.0 Å². The first-order valence-corrected chi connectivity index (χ1v) is 5.25. The zero-order valence-electron chi connectivity index (χ0n) is 9.03. The third-order valence-corrected chi connectivity index (χ3v) is 2.27. The Morgan fingerprint density at radius 1 is 1.60 bits per heavy atom. The summed E-state index contributed by atoms with van der Waals surface area (Å²) in [6.45, 7) is 2.92. The third-order valence-electron chi connectivity index (χ3n) is 2.27. The lowest BCUT2D eigenvalue weighted by atomic mass is 10.2. The van der Waals surface area contributed by atoms with Gasteiger partial charge in [-0.25, -0.2) is 0 Å². The summed E-state index contributed by atoms with van der Waals surface area (Å²) in [4.78, 5) is 10.5. The Morgan fingerprint density at radius 3 is 3.00 bits per heavy atom.